The molecule has 0 unspecified atom stereocenters. The van der Waals surface area contributed by atoms with Crippen LogP contribution in [0.1, 0.15) is 77.3 Å². The summed E-state index contributed by atoms with van der Waals surface area (Å²) in [6.07, 6.45) is 1.34. The lowest BCUT2D eigenvalue weighted by atomic mass is 9.58. The third-order valence-electron chi connectivity index (χ3n) is 6.96. The van der Waals surface area contributed by atoms with Gasteiger partial charge in [0.05, 0.1) is 6.04 Å². The van der Waals surface area contributed by atoms with Gasteiger partial charge in [-0.1, -0.05) is 38.9 Å². The number of carbonyl (C=O) groups excluding carboxylic acids is 1. The number of benzene rings is 1. The van der Waals surface area contributed by atoms with Crippen LogP contribution < -0.4 is 4.74 Å². The standard InChI is InChI=1S/C26H33F3N2O4/c1-23(2)14-24(3,4)16-25(33,15-23)26(28,29)22(32)31-10-6-9-21(31)20-12-19(35-30-20)13-34-18-8-5-7-17(27)11-18/h5,7-8,11-12,21,33H,6,9-10,13-16H2,1-4H3/t21-/m0/s1. The first-order valence-electron chi connectivity index (χ1n) is 12.0. The minimum absolute atomic E-state index is 0.0306. The molecule has 2 aliphatic rings. The summed E-state index contributed by atoms with van der Waals surface area (Å²) in [6, 6.07) is 6.52. The molecule has 1 saturated heterocycles. The molecule has 6 nitrogen and oxygen atoms in total. The van der Waals surface area contributed by atoms with Crippen molar-refractivity contribution >= 4 is 5.91 Å². The summed E-state index contributed by atoms with van der Waals surface area (Å²) in [5.41, 5.74) is -3.16. The van der Waals surface area contributed by atoms with Crippen LogP contribution in [0.3, 0.4) is 0 Å². The Morgan fingerprint density at radius 3 is 2.54 bits per heavy atom. The smallest absolute Gasteiger partial charge is 0.352 e. The van der Waals surface area contributed by atoms with E-state index in [1.54, 1.807) is 12.1 Å². The number of aromatic nitrogens is 1. The van der Waals surface area contributed by atoms with E-state index in [9.17, 15) is 14.3 Å². The second-order valence-electron chi connectivity index (χ2n) is 11.6. The number of rotatable bonds is 6. The van der Waals surface area contributed by atoms with Crippen molar-refractivity contribution in [3.63, 3.8) is 0 Å². The highest BCUT2D eigenvalue weighted by molar-refractivity contribution is 5.85. The number of halogens is 3. The Morgan fingerprint density at radius 2 is 1.89 bits per heavy atom. The molecule has 0 radical (unpaired) electrons. The van der Waals surface area contributed by atoms with Crippen LogP contribution in [-0.4, -0.2) is 39.1 Å². The Kier molecular flexibility index (Phi) is 6.45. The van der Waals surface area contributed by atoms with Gasteiger partial charge in [0.1, 0.15) is 29.5 Å². The highest BCUT2D eigenvalue weighted by Crippen LogP contribution is 2.55. The van der Waals surface area contributed by atoms with Gasteiger partial charge < -0.3 is 19.3 Å². The number of hydrogen-bond donors (Lipinski definition) is 1. The van der Waals surface area contributed by atoms with Gasteiger partial charge in [-0.3, -0.25) is 4.79 Å². The van der Waals surface area contributed by atoms with Crippen LogP contribution in [0.4, 0.5) is 13.2 Å². The lowest BCUT2D eigenvalue weighted by molar-refractivity contribution is -0.231. The molecule has 2 fully saturated rings. The molecule has 1 aromatic heterocycles. The van der Waals surface area contributed by atoms with Gasteiger partial charge in [0.15, 0.2) is 5.76 Å². The summed E-state index contributed by atoms with van der Waals surface area (Å²) in [7, 11) is 0. The van der Waals surface area contributed by atoms with Crippen LogP contribution in [0, 0.1) is 16.6 Å². The second-order valence-corrected chi connectivity index (χ2v) is 11.6. The fraction of sp³-hybridized carbons (Fsp3) is 0.615. The molecule has 192 valence electrons. The molecular weight excluding hydrogens is 461 g/mol. The van der Waals surface area contributed by atoms with E-state index in [4.69, 9.17) is 9.26 Å². The van der Waals surface area contributed by atoms with Crippen molar-refractivity contribution in [2.45, 2.75) is 84.0 Å². The SMILES string of the molecule is CC1(C)CC(C)(C)CC(O)(C(F)(F)C(=O)N2CCC[C@H]2c2cc(COc3cccc(F)c3)on2)C1. The lowest BCUT2D eigenvalue weighted by Gasteiger charge is -2.51. The topological polar surface area (TPSA) is 75.8 Å². The summed E-state index contributed by atoms with van der Waals surface area (Å²) >= 11 is 0. The minimum Gasteiger partial charge on any atom is -0.485 e. The van der Waals surface area contributed by atoms with E-state index >= 15 is 8.78 Å². The molecule has 1 saturated carbocycles. The van der Waals surface area contributed by atoms with Gasteiger partial charge in [0.2, 0.25) is 0 Å². The quantitative estimate of drug-likeness (QED) is 0.561. The summed E-state index contributed by atoms with van der Waals surface area (Å²) in [4.78, 5) is 14.3. The highest BCUT2D eigenvalue weighted by Gasteiger charge is 2.65. The monoisotopic (exact) mass is 494 g/mol. The third kappa shape index (κ3) is 5.20. The van der Waals surface area contributed by atoms with E-state index in [0.29, 0.717) is 36.5 Å². The molecule has 1 amide bonds. The van der Waals surface area contributed by atoms with Gasteiger partial charge in [-0.15, -0.1) is 0 Å². The van der Waals surface area contributed by atoms with Gasteiger partial charge in [0, 0.05) is 18.7 Å². The van der Waals surface area contributed by atoms with Crippen molar-refractivity contribution in [3.8, 4) is 5.75 Å². The van der Waals surface area contributed by atoms with E-state index in [0.717, 1.165) is 4.90 Å². The van der Waals surface area contributed by atoms with Crippen LogP contribution in [-0.2, 0) is 11.4 Å². The van der Waals surface area contributed by atoms with Crippen molar-refractivity contribution in [1.82, 2.24) is 10.1 Å². The number of amides is 1. The molecular formula is C26H33F3N2O4. The molecule has 9 heteroatoms. The number of ether oxygens (including phenoxy) is 1. The van der Waals surface area contributed by atoms with Crippen molar-refractivity contribution in [3.05, 3.63) is 47.6 Å². The zero-order chi connectivity index (χ0) is 25.6. The predicted molar refractivity (Wildman–Crippen MR) is 122 cm³/mol. The van der Waals surface area contributed by atoms with Gasteiger partial charge in [-0.2, -0.15) is 8.78 Å². The maximum Gasteiger partial charge on any atom is 0.352 e. The van der Waals surface area contributed by atoms with Crippen LogP contribution in [0.25, 0.3) is 0 Å². The summed E-state index contributed by atoms with van der Waals surface area (Å²) < 4.78 is 55.6. The molecule has 4 rings (SSSR count). The van der Waals surface area contributed by atoms with Crippen molar-refractivity contribution in [2.75, 3.05) is 6.54 Å². The molecule has 0 spiro atoms. The van der Waals surface area contributed by atoms with Crippen LogP contribution >= 0.6 is 0 Å². The Bertz CT molecular complexity index is 1070. The molecule has 1 aliphatic heterocycles. The summed E-state index contributed by atoms with van der Waals surface area (Å²) in [5, 5.41) is 15.2. The van der Waals surface area contributed by atoms with E-state index in [1.807, 2.05) is 27.7 Å². The Hall–Kier alpha value is -2.55. The second kappa shape index (κ2) is 8.84. The zero-order valence-electron chi connectivity index (χ0n) is 20.6. The Labute approximate surface area is 203 Å². The fourth-order valence-electron chi connectivity index (χ4n) is 6.25. The van der Waals surface area contributed by atoms with Crippen molar-refractivity contribution < 1.29 is 32.3 Å². The molecule has 2 aromatic rings. The zero-order valence-corrected chi connectivity index (χ0v) is 20.6. The van der Waals surface area contributed by atoms with Gasteiger partial charge in [-0.05, 0) is 55.1 Å². The highest BCUT2D eigenvalue weighted by atomic mass is 19.3. The number of nitrogens with zero attached hydrogens (tertiary/aromatic N) is 2. The minimum atomic E-state index is -3.95. The maximum absolute atomic E-state index is 15.7. The van der Waals surface area contributed by atoms with Gasteiger partial charge in [-0.25, -0.2) is 4.39 Å². The van der Waals surface area contributed by atoms with Crippen LogP contribution in [0.15, 0.2) is 34.9 Å². The molecule has 0 bridgehead atoms. The molecule has 2 heterocycles. The Morgan fingerprint density at radius 1 is 1.20 bits per heavy atom. The maximum atomic E-state index is 15.7. The largest absolute Gasteiger partial charge is 0.485 e. The number of likely N-dealkylation sites (tertiary alicyclic amines) is 1. The van der Waals surface area contributed by atoms with E-state index in [-0.39, 0.29) is 26.0 Å². The average molecular weight is 495 g/mol. The van der Waals surface area contributed by atoms with E-state index < -0.39 is 40.1 Å². The lowest BCUT2D eigenvalue weighted by Crippen LogP contribution is -2.62. The number of hydrogen-bond acceptors (Lipinski definition) is 5. The van der Waals surface area contributed by atoms with Crippen LogP contribution in [0.5, 0.6) is 5.75 Å². The molecule has 1 aromatic carbocycles. The first kappa shape index (κ1) is 25.5. The number of alkyl halides is 2. The summed E-state index contributed by atoms with van der Waals surface area (Å²) in [6.45, 7) is 7.50. The predicted octanol–water partition coefficient (Wildman–Crippen LogP) is 5.66. The fourth-order valence-corrected chi connectivity index (χ4v) is 6.25. The Balaban J connectivity index is 1.50. The first-order valence-corrected chi connectivity index (χ1v) is 12.0. The number of carbonyl (C=O) groups is 1. The molecule has 1 atom stereocenters. The van der Waals surface area contributed by atoms with Crippen LogP contribution in [0.2, 0.25) is 0 Å². The van der Waals surface area contributed by atoms with Crippen molar-refractivity contribution in [2.24, 2.45) is 10.8 Å². The normalized spacial score (nSPS) is 23.3. The first-order chi connectivity index (χ1) is 16.2. The molecule has 1 N–H and O–H groups in total. The molecule has 1 aliphatic carbocycles. The van der Waals surface area contributed by atoms with Crippen molar-refractivity contribution in [1.29, 1.82) is 0 Å². The average Bonchev–Trinajstić information content (AvgIpc) is 3.38. The van der Waals surface area contributed by atoms with E-state index in [2.05, 4.69) is 5.16 Å². The molecule has 35 heavy (non-hydrogen) atoms. The number of aliphatic hydroxyl groups is 1. The van der Waals surface area contributed by atoms with Gasteiger partial charge >= 0.3 is 5.92 Å². The summed E-state index contributed by atoms with van der Waals surface area (Å²) in [5.74, 6) is -5.13. The van der Waals surface area contributed by atoms with Gasteiger partial charge in [0.25, 0.3) is 5.91 Å². The third-order valence-corrected chi connectivity index (χ3v) is 6.96. The van der Waals surface area contributed by atoms with E-state index in [1.165, 1.54) is 18.2 Å².